The van der Waals surface area contributed by atoms with Crippen LogP contribution >= 0.6 is 0 Å². The van der Waals surface area contributed by atoms with Crippen molar-refractivity contribution in [1.29, 1.82) is 0 Å². The van der Waals surface area contributed by atoms with Crippen molar-refractivity contribution in [1.82, 2.24) is 19.5 Å². The number of nitrogens with two attached hydrogens (primary N) is 1. The monoisotopic (exact) mass is 330 g/mol. The summed E-state index contributed by atoms with van der Waals surface area (Å²) in [6, 6.07) is 0.107. The van der Waals surface area contributed by atoms with E-state index in [4.69, 9.17) is 5.73 Å². The van der Waals surface area contributed by atoms with Gasteiger partial charge in [-0.25, -0.2) is 9.78 Å². The van der Waals surface area contributed by atoms with E-state index in [2.05, 4.69) is 25.9 Å². The average Bonchev–Trinajstić information content (AvgIpc) is 3.17. The van der Waals surface area contributed by atoms with Crippen LogP contribution in [0.3, 0.4) is 0 Å². The molecule has 2 aromatic rings. The number of nitrogens with zero attached hydrogens (tertiary/aromatic N) is 3. The molecule has 2 aromatic heterocycles. The third-order valence-electron chi connectivity index (χ3n) is 4.86. The van der Waals surface area contributed by atoms with E-state index in [-0.39, 0.29) is 11.6 Å². The van der Waals surface area contributed by atoms with Crippen molar-refractivity contribution in [2.24, 2.45) is 5.73 Å². The van der Waals surface area contributed by atoms with E-state index in [1.165, 1.54) is 5.57 Å². The fourth-order valence-corrected chi connectivity index (χ4v) is 3.69. The van der Waals surface area contributed by atoms with E-state index >= 15 is 0 Å². The Balaban J connectivity index is 1.85. The van der Waals surface area contributed by atoms with Gasteiger partial charge < -0.3 is 10.6 Å². The Labute approximate surface area is 138 Å². The van der Waals surface area contributed by atoms with Crippen LogP contribution in [0.25, 0.3) is 11.2 Å². The van der Waals surface area contributed by atoms with Crippen molar-refractivity contribution in [3.8, 4) is 0 Å². The van der Waals surface area contributed by atoms with Crippen LogP contribution in [-0.2, 0) is 6.54 Å². The van der Waals surface area contributed by atoms with Crippen molar-refractivity contribution in [2.75, 3.05) is 18.0 Å². The largest absolute Gasteiger partial charge is 0.341 e. The number of hydrogen-bond acceptors (Lipinski definition) is 5. The predicted molar refractivity (Wildman–Crippen MR) is 92.3 cm³/mol. The average molecular weight is 330 g/mol. The molecular formula is C16H22N6O2. The van der Waals surface area contributed by atoms with E-state index in [1.54, 1.807) is 0 Å². The zero-order valence-corrected chi connectivity index (χ0v) is 13.5. The summed E-state index contributed by atoms with van der Waals surface area (Å²) < 4.78 is 1.96. The fourth-order valence-electron chi connectivity index (χ4n) is 3.69. The first-order valence-electron chi connectivity index (χ1n) is 8.53. The summed E-state index contributed by atoms with van der Waals surface area (Å²) in [5.41, 5.74) is 7.25. The van der Waals surface area contributed by atoms with Gasteiger partial charge in [-0.2, -0.15) is 0 Å². The molecule has 8 heteroatoms. The maximum atomic E-state index is 12.1. The molecule has 3 heterocycles. The van der Waals surface area contributed by atoms with Crippen LogP contribution in [0.15, 0.2) is 21.2 Å². The maximum absolute atomic E-state index is 12.1. The van der Waals surface area contributed by atoms with Crippen LogP contribution in [0.5, 0.6) is 0 Å². The lowest BCUT2D eigenvalue weighted by Crippen LogP contribution is -2.44. The molecule has 24 heavy (non-hydrogen) atoms. The highest BCUT2D eigenvalue weighted by Crippen LogP contribution is 2.26. The normalized spacial score (nSPS) is 21.5. The first-order valence-corrected chi connectivity index (χ1v) is 8.53. The zero-order valence-electron chi connectivity index (χ0n) is 13.5. The molecule has 0 amide bonds. The molecule has 1 unspecified atom stereocenters. The van der Waals surface area contributed by atoms with Gasteiger partial charge >= 0.3 is 5.69 Å². The number of rotatable bonds is 3. The number of H-pyrrole nitrogens is 2. The number of aromatic nitrogens is 4. The van der Waals surface area contributed by atoms with Gasteiger partial charge in [-0.05, 0) is 32.1 Å². The lowest BCUT2D eigenvalue weighted by atomic mass is 10.1. The van der Waals surface area contributed by atoms with Gasteiger partial charge in [0.1, 0.15) is 5.65 Å². The number of imidazole rings is 1. The van der Waals surface area contributed by atoms with Crippen LogP contribution in [0, 0.1) is 0 Å². The molecule has 1 fully saturated rings. The van der Waals surface area contributed by atoms with E-state index in [0.29, 0.717) is 18.7 Å². The van der Waals surface area contributed by atoms with Gasteiger partial charge in [0.25, 0.3) is 5.56 Å². The third kappa shape index (κ3) is 2.66. The van der Waals surface area contributed by atoms with Gasteiger partial charge in [0.15, 0.2) is 5.52 Å². The molecule has 8 nitrogen and oxygen atoms in total. The summed E-state index contributed by atoms with van der Waals surface area (Å²) in [6.07, 6.45) is 7.53. The molecule has 0 radical (unpaired) electrons. The molecule has 1 atom stereocenters. The summed E-state index contributed by atoms with van der Waals surface area (Å²) in [4.78, 5) is 35.5. The molecular weight excluding hydrogens is 308 g/mol. The second kappa shape index (κ2) is 5.94. The lowest BCUT2D eigenvalue weighted by Gasteiger charge is -2.32. The first kappa shape index (κ1) is 15.2. The van der Waals surface area contributed by atoms with Crippen molar-refractivity contribution >= 4 is 17.1 Å². The van der Waals surface area contributed by atoms with Gasteiger partial charge in [-0.1, -0.05) is 11.6 Å². The van der Waals surface area contributed by atoms with Crippen molar-refractivity contribution in [3.05, 3.63) is 32.5 Å². The van der Waals surface area contributed by atoms with Crippen LogP contribution in [0.1, 0.15) is 32.1 Å². The SMILES string of the molecule is NC1CCCN(c2nc3c(=O)[nH]c(=O)[nH]c3n2CC2=CCCC2)C1. The van der Waals surface area contributed by atoms with E-state index in [1.807, 2.05) is 4.57 Å². The fraction of sp³-hybridized carbons (Fsp3) is 0.562. The summed E-state index contributed by atoms with van der Waals surface area (Å²) in [5, 5.41) is 0. The second-order valence-electron chi connectivity index (χ2n) is 6.71. The van der Waals surface area contributed by atoms with Crippen molar-refractivity contribution in [3.63, 3.8) is 0 Å². The molecule has 0 aromatic carbocycles. The van der Waals surface area contributed by atoms with Crippen molar-refractivity contribution in [2.45, 2.75) is 44.7 Å². The summed E-state index contributed by atoms with van der Waals surface area (Å²) in [7, 11) is 0. The standard InChI is InChI=1S/C16H22N6O2/c17-11-6-3-7-21(9-11)16-18-12-13(19-15(24)20-14(12)23)22(16)8-10-4-1-2-5-10/h4,11H,1-3,5-9,17H2,(H2,19,20,23,24). The number of nitrogens with one attached hydrogen (secondary N) is 2. The first-order chi connectivity index (χ1) is 11.6. The van der Waals surface area contributed by atoms with Gasteiger partial charge in [0.05, 0.1) is 0 Å². The lowest BCUT2D eigenvalue weighted by molar-refractivity contribution is 0.495. The molecule has 128 valence electrons. The predicted octanol–water partition coefficient (Wildman–Crippen LogP) is 0.451. The summed E-state index contributed by atoms with van der Waals surface area (Å²) >= 11 is 0. The van der Waals surface area contributed by atoms with Crippen LogP contribution in [0.2, 0.25) is 0 Å². The number of hydrogen-bond donors (Lipinski definition) is 3. The number of anilines is 1. The summed E-state index contributed by atoms with van der Waals surface area (Å²) in [6.45, 7) is 2.22. The minimum atomic E-state index is -0.504. The zero-order chi connectivity index (χ0) is 16.7. The molecule has 1 aliphatic heterocycles. The Kier molecular flexibility index (Phi) is 3.76. The summed E-state index contributed by atoms with van der Waals surface area (Å²) in [5.74, 6) is 0.723. The van der Waals surface area contributed by atoms with Crippen LogP contribution in [0.4, 0.5) is 5.95 Å². The van der Waals surface area contributed by atoms with Gasteiger partial charge in [0, 0.05) is 25.7 Å². The Morgan fingerprint density at radius 1 is 1.29 bits per heavy atom. The molecule has 0 bridgehead atoms. The van der Waals surface area contributed by atoms with Gasteiger partial charge in [0.2, 0.25) is 5.95 Å². The minimum Gasteiger partial charge on any atom is -0.341 e. The highest BCUT2D eigenvalue weighted by molar-refractivity contribution is 5.73. The number of allylic oxidation sites excluding steroid dienone is 2. The van der Waals surface area contributed by atoms with Crippen LogP contribution in [-0.4, -0.2) is 38.7 Å². The van der Waals surface area contributed by atoms with Gasteiger partial charge in [-0.15, -0.1) is 0 Å². The minimum absolute atomic E-state index is 0.107. The molecule has 0 spiro atoms. The Hall–Kier alpha value is -2.35. The van der Waals surface area contributed by atoms with E-state index in [0.717, 1.165) is 44.6 Å². The Bertz CT molecular complexity index is 905. The quantitative estimate of drug-likeness (QED) is 0.707. The molecule has 2 aliphatic rings. The topological polar surface area (TPSA) is 113 Å². The number of piperidine rings is 1. The molecule has 0 saturated carbocycles. The van der Waals surface area contributed by atoms with E-state index < -0.39 is 11.2 Å². The van der Waals surface area contributed by atoms with E-state index in [9.17, 15) is 9.59 Å². The third-order valence-corrected chi connectivity index (χ3v) is 4.86. The number of aromatic amines is 2. The molecule has 4 rings (SSSR count). The smallest absolute Gasteiger partial charge is 0.327 e. The molecule has 4 N–H and O–H groups in total. The second-order valence-corrected chi connectivity index (χ2v) is 6.71. The highest BCUT2D eigenvalue weighted by Gasteiger charge is 2.24. The Morgan fingerprint density at radius 3 is 2.92 bits per heavy atom. The van der Waals surface area contributed by atoms with Crippen LogP contribution < -0.4 is 21.9 Å². The molecule has 1 aliphatic carbocycles. The number of fused-ring (bicyclic) bond motifs is 1. The van der Waals surface area contributed by atoms with Crippen molar-refractivity contribution < 1.29 is 0 Å². The highest BCUT2D eigenvalue weighted by atomic mass is 16.2. The molecule has 1 saturated heterocycles. The maximum Gasteiger partial charge on any atom is 0.327 e. The van der Waals surface area contributed by atoms with Gasteiger partial charge in [-0.3, -0.25) is 19.3 Å². The Morgan fingerprint density at radius 2 is 2.17 bits per heavy atom.